The number of methoxy groups -OCH3 is 1. The number of nitrogens with two attached hydrogens (primary N) is 1. The molecule has 0 aliphatic rings. The lowest BCUT2D eigenvalue weighted by atomic mass is 10.1. The van der Waals surface area contributed by atoms with Gasteiger partial charge in [-0.1, -0.05) is 35.9 Å². The lowest BCUT2D eigenvalue weighted by molar-refractivity contribution is 0.0955. The molecule has 0 spiro atoms. The van der Waals surface area contributed by atoms with Gasteiger partial charge in [-0.3, -0.25) is 4.79 Å². The lowest BCUT2D eigenvalue weighted by Crippen LogP contribution is -2.17. The molecule has 3 aromatic carbocycles. The minimum atomic E-state index is -0.335. The number of anilines is 1. The van der Waals surface area contributed by atoms with Gasteiger partial charge in [0.05, 0.1) is 13.3 Å². The molecule has 3 rings (SSSR count). The number of benzene rings is 3. The molecular formula is C23H23N3O3. The Bertz CT molecular complexity index is 1010. The average molecular weight is 389 g/mol. The summed E-state index contributed by atoms with van der Waals surface area (Å²) in [5, 5.41) is 4.01. The highest BCUT2D eigenvalue weighted by atomic mass is 16.5. The third kappa shape index (κ3) is 5.59. The predicted octanol–water partition coefficient (Wildman–Crippen LogP) is 3.93. The summed E-state index contributed by atoms with van der Waals surface area (Å²) in [6.07, 6.45) is 1.54. The predicted molar refractivity (Wildman–Crippen MR) is 114 cm³/mol. The molecule has 0 aliphatic heterocycles. The van der Waals surface area contributed by atoms with Crippen molar-refractivity contribution in [1.82, 2.24) is 5.43 Å². The van der Waals surface area contributed by atoms with Gasteiger partial charge in [0.25, 0.3) is 5.91 Å². The zero-order valence-electron chi connectivity index (χ0n) is 16.4. The number of hydrogen-bond donors (Lipinski definition) is 2. The van der Waals surface area contributed by atoms with Crippen molar-refractivity contribution < 1.29 is 14.3 Å². The van der Waals surface area contributed by atoms with Crippen LogP contribution in [0.1, 0.15) is 27.0 Å². The van der Waals surface area contributed by atoms with E-state index in [-0.39, 0.29) is 5.91 Å². The van der Waals surface area contributed by atoms with Crippen LogP contribution < -0.4 is 20.6 Å². The van der Waals surface area contributed by atoms with E-state index in [2.05, 4.69) is 10.5 Å². The summed E-state index contributed by atoms with van der Waals surface area (Å²) in [6, 6.07) is 20.3. The number of carbonyl (C=O) groups excluding carboxylic acids is 1. The second-order valence-corrected chi connectivity index (χ2v) is 6.51. The van der Waals surface area contributed by atoms with Crippen LogP contribution in [0.15, 0.2) is 71.8 Å². The lowest BCUT2D eigenvalue weighted by Gasteiger charge is -2.11. The summed E-state index contributed by atoms with van der Waals surface area (Å²) in [6.45, 7) is 2.46. The number of rotatable bonds is 7. The summed E-state index contributed by atoms with van der Waals surface area (Å²) < 4.78 is 11.3. The van der Waals surface area contributed by atoms with E-state index in [1.165, 1.54) is 5.56 Å². The fourth-order valence-electron chi connectivity index (χ4n) is 2.64. The number of amides is 1. The number of ether oxygens (including phenoxy) is 2. The number of nitrogens with zero attached hydrogens (tertiary/aromatic N) is 1. The van der Waals surface area contributed by atoms with Crippen molar-refractivity contribution in [2.45, 2.75) is 13.5 Å². The van der Waals surface area contributed by atoms with E-state index in [0.29, 0.717) is 29.4 Å². The molecule has 6 heteroatoms. The molecule has 0 saturated carbocycles. The number of nitrogens with one attached hydrogen (secondary N) is 1. The Kier molecular flexibility index (Phi) is 6.47. The topological polar surface area (TPSA) is 85.9 Å². The van der Waals surface area contributed by atoms with Crippen molar-refractivity contribution in [2.24, 2.45) is 5.10 Å². The quantitative estimate of drug-likeness (QED) is 0.364. The minimum absolute atomic E-state index is 0.335. The first-order chi connectivity index (χ1) is 14.0. The maximum atomic E-state index is 12.1. The normalized spacial score (nSPS) is 10.7. The second-order valence-electron chi connectivity index (χ2n) is 6.51. The summed E-state index contributed by atoms with van der Waals surface area (Å²) in [7, 11) is 1.59. The molecule has 0 aliphatic carbocycles. The number of aryl methyl sites for hydroxylation is 1. The van der Waals surface area contributed by atoms with Crippen LogP contribution in [0, 0.1) is 6.92 Å². The Morgan fingerprint density at radius 1 is 1.07 bits per heavy atom. The van der Waals surface area contributed by atoms with Crippen LogP contribution >= 0.6 is 0 Å². The second kappa shape index (κ2) is 9.41. The molecule has 3 aromatic rings. The van der Waals surface area contributed by atoms with Gasteiger partial charge in [0, 0.05) is 11.3 Å². The van der Waals surface area contributed by atoms with Crippen LogP contribution in [-0.4, -0.2) is 19.2 Å². The first-order valence-electron chi connectivity index (χ1n) is 9.10. The Morgan fingerprint density at radius 2 is 1.86 bits per heavy atom. The van der Waals surface area contributed by atoms with Crippen molar-refractivity contribution >= 4 is 17.8 Å². The smallest absolute Gasteiger partial charge is 0.271 e. The summed E-state index contributed by atoms with van der Waals surface area (Å²) in [5.74, 6) is 0.884. The van der Waals surface area contributed by atoms with Gasteiger partial charge in [-0.05, 0) is 54.4 Å². The molecule has 6 nitrogen and oxygen atoms in total. The van der Waals surface area contributed by atoms with Crippen LogP contribution in [0.4, 0.5) is 5.69 Å². The molecule has 0 aromatic heterocycles. The molecule has 0 atom stereocenters. The van der Waals surface area contributed by atoms with Crippen LogP contribution in [0.5, 0.6) is 11.5 Å². The maximum absolute atomic E-state index is 12.1. The molecule has 148 valence electrons. The fraction of sp³-hybridized carbons (Fsp3) is 0.130. The number of nitrogen functional groups attached to an aromatic ring is 1. The summed E-state index contributed by atoms with van der Waals surface area (Å²) in [4.78, 5) is 12.1. The standard InChI is InChI=1S/C23H23N3O3/c1-16-6-8-17(9-7-16)15-29-22-12-18(10-11-21(22)28-2)14-25-26-23(27)19-4-3-5-20(24)13-19/h3-14H,15,24H2,1-2H3,(H,26,27)/b25-14-. The van der Waals surface area contributed by atoms with E-state index < -0.39 is 0 Å². The summed E-state index contributed by atoms with van der Waals surface area (Å²) >= 11 is 0. The van der Waals surface area contributed by atoms with Gasteiger partial charge < -0.3 is 15.2 Å². The molecule has 0 fully saturated rings. The highest BCUT2D eigenvalue weighted by Gasteiger charge is 2.07. The van der Waals surface area contributed by atoms with E-state index in [1.54, 1.807) is 43.7 Å². The Morgan fingerprint density at radius 3 is 2.59 bits per heavy atom. The molecule has 0 radical (unpaired) electrons. The van der Waals surface area contributed by atoms with E-state index in [4.69, 9.17) is 15.2 Å². The van der Waals surface area contributed by atoms with Gasteiger partial charge in [-0.15, -0.1) is 0 Å². The van der Waals surface area contributed by atoms with Crippen molar-refractivity contribution in [3.8, 4) is 11.5 Å². The van der Waals surface area contributed by atoms with Crippen molar-refractivity contribution in [3.05, 3.63) is 89.0 Å². The molecule has 0 heterocycles. The zero-order chi connectivity index (χ0) is 20.6. The van der Waals surface area contributed by atoms with Gasteiger partial charge in [-0.25, -0.2) is 5.43 Å². The number of hydrazone groups is 1. The van der Waals surface area contributed by atoms with Crippen molar-refractivity contribution in [2.75, 3.05) is 12.8 Å². The van der Waals surface area contributed by atoms with Gasteiger partial charge in [0.1, 0.15) is 6.61 Å². The fourth-order valence-corrected chi connectivity index (χ4v) is 2.64. The minimum Gasteiger partial charge on any atom is -0.493 e. The highest BCUT2D eigenvalue weighted by Crippen LogP contribution is 2.28. The zero-order valence-corrected chi connectivity index (χ0v) is 16.4. The van der Waals surface area contributed by atoms with Crippen LogP contribution in [0.3, 0.4) is 0 Å². The number of hydrogen-bond acceptors (Lipinski definition) is 5. The van der Waals surface area contributed by atoms with Gasteiger partial charge in [0.15, 0.2) is 11.5 Å². The molecule has 29 heavy (non-hydrogen) atoms. The van der Waals surface area contributed by atoms with E-state index in [9.17, 15) is 4.79 Å². The van der Waals surface area contributed by atoms with E-state index in [0.717, 1.165) is 11.1 Å². The third-order valence-electron chi connectivity index (χ3n) is 4.23. The largest absolute Gasteiger partial charge is 0.493 e. The van der Waals surface area contributed by atoms with Gasteiger partial charge >= 0.3 is 0 Å². The third-order valence-corrected chi connectivity index (χ3v) is 4.23. The SMILES string of the molecule is COc1ccc(/C=N\NC(=O)c2cccc(N)c2)cc1OCc1ccc(C)cc1. The monoisotopic (exact) mass is 389 g/mol. The van der Waals surface area contributed by atoms with Gasteiger partial charge in [0.2, 0.25) is 0 Å². The Hall–Kier alpha value is -3.80. The molecular weight excluding hydrogens is 366 g/mol. The first kappa shape index (κ1) is 19.9. The van der Waals surface area contributed by atoms with E-state index in [1.807, 2.05) is 43.3 Å². The van der Waals surface area contributed by atoms with Crippen molar-refractivity contribution in [3.63, 3.8) is 0 Å². The van der Waals surface area contributed by atoms with Crippen LogP contribution in [-0.2, 0) is 6.61 Å². The van der Waals surface area contributed by atoms with Crippen LogP contribution in [0.2, 0.25) is 0 Å². The molecule has 1 amide bonds. The maximum Gasteiger partial charge on any atom is 0.271 e. The molecule has 3 N–H and O–H groups in total. The van der Waals surface area contributed by atoms with Gasteiger partial charge in [-0.2, -0.15) is 5.10 Å². The Labute approximate surface area is 170 Å². The number of carbonyl (C=O) groups is 1. The van der Waals surface area contributed by atoms with E-state index >= 15 is 0 Å². The molecule has 0 saturated heterocycles. The average Bonchev–Trinajstić information content (AvgIpc) is 2.73. The summed E-state index contributed by atoms with van der Waals surface area (Å²) in [5.41, 5.74) is 12.2. The molecule has 0 unspecified atom stereocenters. The first-order valence-corrected chi connectivity index (χ1v) is 9.10. The van der Waals surface area contributed by atoms with Crippen molar-refractivity contribution in [1.29, 1.82) is 0 Å². The van der Waals surface area contributed by atoms with Crippen LogP contribution in [0.25, 0.3) is 0 Å². The molecule has 0 bridgehead atoms. The highest BCUT2D eigenvalue weighted by molar-refractivity contribution is 5.95. The Balaban J connectivity index is 1.66.